The highest BCUT2D eigenvalue weighted by Crippen LogP contribution is 2.32. The first-order valence-corrected chi connectivity index (χ1v) is 9.60. The number of amides is 1. The van der Waals surface area contributed by atoms with E-state index in [1.165, 1.54) is 34.4 Å². The number of thiazole rings is 1. The van der Waals surface area contributed by atoms with Gasteiger partial charge in [0.2, 0.25) is 0 Å². The van der Waals surface area contributed by atoms with Crippen LogP contribution in [-0.4, -0.2) is 36.1 Å². The van der Waals surface area contributed by atoms with E-state index >= 15 is 0 Å². The average Bonchev–Trinajstić information content (AvgIpc) is 3.03. The predicted molar refractivity (Wildman–Crippen MR) is 105 cm³/mol. The summed E-state index contributed by atoms with van der Waals surface area (Å²) in [5.74, 6) is 0.202. The fraction of sp³-hybridized carbons (Fsp3) is 0.444. The average molecular weight is 390 g/mol. The fourth-order valence-electron chi connectivity index (χ4n) is 3.03. The third-order valence-corrected chi connectivity index (χ3v) is 5.52. The van der Waals surface area contributed by atoms with E-state index in [0.717, 1.165) is 25.0 Å². The van der Waals surface area contributed by atoms with E-state index in [4.69, 9.17) is 4.74 Å². The number of hydrogen-bond donors (Lipinski definition) is 2. The van der Waals surface area contributed by atoms with Crippen molar-refractivity contribution in [1.29, 1.82) is 0 Å². The number of aromatic nitrogens is 1. The Morgan fingerprint density at radius 3 is 3.04 bits per heavy atom. The van der Waals surface area contributed by atoms with Crippen molar-refractivity contribution in [3.8, 4) is 0 Å². The van der Waals surface area contributed by atoms with E-state index in [1.807, 2.05) is 0 Å². The highest BCUT2D eigenvalue weighted by Gasteiger charge is 2.22. The first-order valence-electron chi connectivity index (χ1n) is 8.79. The smallest absolute Gasteiger partial charge is 0.270 e. The summed E-state index contributed by atoms with van der Waals surface area (Å²) in [5.41, 5.74) is 1.64. The molecule has 27 heavy (non-hydrogen) atoms. The van der Waals surface area contributed by atoms with Gasteiger partial charge < -0.3 is 10.1 Å². The number of ether oxygens (including phenoxy) is 1. The Morgan fingerprint density at radius 1 is 1.48 bits per heavy atom. The lowest BCUT2D eigenvalue weighted by atomic mass is 9.93. The number of carbonyl (C=O) groups is 1. The van der Waals surface area contributed by atoms with Gasteiger partial charge in [0.15, 0.2) is 5.13 Å². The molecule has 0 saturated heterocycles. The van der Waals surface area contributed by atoms with Crippen molar-refractivity contribution in [3.05, 3.63) is 44.4 Å². The Morgan fingerprint density at radius 2 is 2.30 bits per heavy atom. The van der Waals surface area contributed by atoms with Gasteiger partial charge in [-0.05, 0) is 31.2 Å². The summed E-state index contributed by atoms with van der Waals surface area (Å²) in [5, 5.41) is 17.5. The molecule has 9 heteroatoms. The molecule has 2 N–H and O–H groups in total. The summed E-state index contributed by atoms with van der Waals surface area (Å²) in [7, 11) is 1.58. The lowest BCUT2D eigenvalue weighted by Gasteiger charge is -2.15. The van der Waals surface area contributed by atoms with Crippen LogP contribution in [0.25, 0.3) is 0 Å². The summed E-state index contributed by atoms with van der Waals surface area (Å²) >= 11 is 1.48. The Labute approximate surface area is 161 Å². The molecule has 1 aliphatic rings. The van der Waals surface area contributed by atoms with Crippen LogP contribution in [0.15, 0.2) is 18.2 Å². The van der Waals surface area contributed by atoms with E-state index in [2.05, 4.69) is 22.5 Å². The molecule has 3 rings (SSSR count). The third kappa shape index (κ3) is 4.61. The van der Waals surface area contributed by atoms with E-state index in [-0.39, 0.29) is 11.3 Å². The summed E-state index contributed by atoms with van der Waals surface area (Å²) in [6.07, 6.45) is 3.00. The number of non-ortho nitro benzene ring substituents is 1. The summed E-state index contributed by atoms with van der Waals surface area (Å²) < 4.78 is 5.00. The van der Waals surface area contributed by atoms with Gasteiger partial charge in [0.05, 0.1) is 22.8 Å². The lowest BCUT2D eigenvalue weighted by Crippen LogP contribution is -2.17. The highest BCUT2D eigenvalue weighted by atomic mass is 32.1. The van der Waals surface area contributed by atoms with Crippen molar-refractivity contribution in [2.24, 2.45) is 5.92 Å². The number of nitro benzene ring substituents is 1. The van der Waals surface area contributed by atoms with Crippen molar-refractivity contribution >= 4 is 33.8 Å². The molecule has 2 aromatic rings. The van der Waals surface area contributed by atoms with Crippen LogP contribution in [0.1, 0.15) is 34.3 Å². The maximum atomic E-state index is 12.8. The second kappa shape index (κ2) is 8.45. The van der Waals surface area contributed by atoms with Gasteiger partial charge in [-0.15, -0.1) is 11.3 Å². The Balaban J connectivity index is 1.81. The van der Waals surface area contributed by atoms with Crippen molar-refractivity contribution in [2.75, 3.05) is 30.9 Å². The largest absolute Gasteiger partial charge is 0.383 e. The minimum absolute atomic E-state index is 0.135. The molecular formula is C18H22N4O4S. The summed E-state index contributed by atoms with van der Waals surface area (Å²) in [4.78, 5) is 29.1. The standard InChI is InChI=1S/C18H22N4O4S/c1-11-3-5-15-16(9-11)27-18(20-15)21-17(23)13-10-12(22(24)25)4-6-14(13)19-7-8-26-2/h4,6,10-11,19H,3,5,7-9H2,1-2H3,(H,20,21,23). The SMILES string of the molecule is COCCNc1ccc([N+](=O)[O-])cc1C(=O)Nc1nc2c(s1)CC(C)CC2. The zero-order valence-corrected chi connectivity index (χ0v) is 16.1. The quantitative estimate of drug-likeness (QED) is 0.426. The van der Waals surface area contributed by atoms with Crippen LogP contribution in [-0.2, 0) is 17.6 Å². The van der Waals surface area contributed by atoms with E-state index < -0.39 is 10.8 Å². The molecule has 0 fully saturated rings. The van der Waals surface area contributed by atoms with E-state index in [1.54, 1.807) is 7.11 Å². The minimum atomic E-state index is -0.515. The van der Waals surface area contributed by atoms with Crippen molar-refractivity contribution in [2.45, 2.75) is 26.2 Å². The number of benzene rings is 1. The summed E-state index contributed by atoms with van der Waals surface area (Å²) in [6.45, 7) is 3.15. The van der Waals surface area contributed by atoms with Gasteiger partial charge in [0.25, 0.3) is 11.6 Å². The third-order valence-electron chi connectivity index (χ3n) is 4.49. The number of methoxy groups -OCH3 is 1. The maximum absolute atomic E-state index is 12.8. The van der Waals surface area contributed by atoms with Gasteiger partial charge in [0, 0.05) is 36.4 Å². The number of aryl methyl sites for hydroxylation is 1. The number of rotatable bonds is 7. The van der Waals surface area contributed by atoms with Crippen LogP contribution >= 0.6 is 11.3 Å². The molecule has 0 bridgehead atoms. The monoisotopic (exact) mass is 390 g/mol. The maximum Gasteiger partial charge on any atom is 0.270 e. The fourth-order valence-corrected chi connectivity index (χ4v) is 4.20. The van der Waals surface area contributed by atoms with E-state index in [9.17, 15) is 14.9 Å². The predicted octanol–water partition coefficient (Wildman–Crippen LogP) is 3.49. The van der Waals surface area contributed by atoms with Gasteiger partial charge >= 0.3 is 0 Å². The van der Waals surface area contributed by atoms with Crippen LogP contribution in [0.3, 0.4) is 0 Å². The molecule has 0 saturated carbocycles. The number of carbonyl (C=O) groups excluding carboxylic acids is 1. The number of nitro groups is 1. The van der Waals surface area contributed by atoms with Crippen LogP contribution in [0, 0.1) is 16.0 Å². The van der Waals surface area contributed by atoms with Gasteiger partial charge in [-0.2, -0.15) is 0 Å². The molecule has 1 aliphatic carbocycles. The Kier molecular flexibility index (Phi) is 6.02. The molecule has 0 aliphatic heterocycles. The second-order valence-corrected chi connectivity index (χ2v) is 7.68. The van der Waals surface area contributed by atoms with Gasteiger partial charge in [-0.1, -0.05) is 6.92 Å². The Hall–Kier alpha value is -2.52. The van der Waals surface area contributed by atoms with E-state index in [0.29, 0.717) is 29.9 Å². The topological polar surface area (TPSA) is 106 Å². The number of anilines is 2. The molecule has 0 spiro atoms. The molecule has 1 unspecified atom stereocenters. The molecule has 8 nitrogen and oxygen atoms in total. The molecule has 1 heterocycles. The number of fused-ring (bicyclic) bond motifs is 1. The normalized spacial score (nSPS) is 15.9. The zero-order valence-electron chi connectivity index (χ0n) is 15.3. The van der Waals surface area contributed by atoms with Crippen molar-refractivity contribution in [3.63, 3.8) is 0 Å². The number of nitrogens with one attached hydrogen (secondary N) is 2. The first-order chi connectivity index (χ1) is 13.0. The van der Waals surface area contributed by atoms with Crippen LogP contribution in [0.4, 0.5) is 16.5 Å². The molecule has 1 atom stereocenters. The molecule has 0 radical (unpaired) electrons. The molecule has 144 valence electrons. The van der Waals surface area contributed by atoms with Crippen LogP contribution in [0.2, 0.25) is 0 Å². The molecular weight excluding hydrogens is 368 g/mol. The van der Waals surface area contributed by atoms with Gasteiger partial charge in [-0.3, -0.25) is 20.2 Å². The second-order valence-electron chi connectivity index (χ2n) is 6.60. The molecule has 1 aromatic heterocycles. The summed E-state index contributed by atoms with van der Waals surface area (Å²) in [6, 6.07) is 4.19. The molecule has 1 amide bonds. The highest BCUT2D eigenvalue weighted by molar-refractivity contribution is 7.15. The zero-order chi connectivity index (χ0) is 19.4. The number of hydrogen-bond acceptors (Lipinski definition) is 7. The van der Waals surface area contributed by atoms with Crippen molar-refractivity contribution in [1.82, 2.24) is 4.98 Å². The lowest BCUT2D eigenvalue weighted by molar-refractivity contribution is -0.384. The van der Waals surface area contributed by atoms with Gasteiger partial charge in [-0.25, -0.2) is 4.98 Å². The minimum Gasteiger partial charge on any atom is -0.383 e. The number of nitrogens with zero attached hydrogens (tertiary/aromatic N) is 2. The molecule has 1 aromatic carbocycles. The first kappa shape index (κ1) is 19.2. The van der Waals surface area contributed by atoms with Crippen LogP contribution < -0.4 is 10.6 Å². The van der Waals surface area contributed by atoms with Crippen molar-refractivity contribution < 1.29 is 14.5 Å². The van der Waals surface area contributed by atoms with Gasteiger partial charge in [0.1, 0.15) is 0 Å². The Bertz CT molecular complexity index is 852. The van der Waals surface area contributed by atoms with Crippen LogP contribution in [0.5, 0.6) is 0 Å².